The van der Waals surface area contributed by atoms with Crippen LogP contribution in [0.4, 0.5) is 0 Å². The van der Waals surface area contributed by atoms with Crippen molar-refractivity contribution in [2.45, 2.75) is 6.92 Å². The van der Waals surface area contributed by atoms with Gasteiger partial charge in [-0.2, -0.15) is 5.10 Å². The SMILES string of the molecule is COc1ccccc1-n1ncc(C(=O)NN)c1C. The van der Waals surface area contributed by atoms with Crippen molar-refractivity contribution in [3.63, 3.8) is 0 Å². The molecule has 0 atom stereocenters. The molecular weight excluding hydrogens is 232 g/mol. The van der Waals surface area contributed by atoms with E-state index in [9.17, 15) is 4.79 Å². The van der Waals surface area contributed by atoms with E-state index in [0.29, 0.717) is 17.0 Å². The average Bonchev–Trinajstić information content (AvgIpc) is 2.79. The van der Waals surface area contributed by atoms with Gasteiger partial charge in [-0.1, -0.05) is 12.1 Å². The molecule has 2 aromatic rings. The highest BCUT2D eigenvalue weighted by Crippen LogP contribution is 2.23. The van der Waals surface area contributed by atoms with Crippen LogP contribution in [-0.4, -0.2) is 22.8 Å². The molecule has 1 aromatic carbocycles. The third-order valence-corrected chi connectivity index (χ3v) is 2.70. The van der Waals surface area contributed by atoms with Crippen LogP contribution in [0, 0.1) is 6.92 Å². The fraction of sp³-hybridized carbons (Fsp3) is 0.167. The molecule has 3 N–H and O–H groups in total. The van der Waals surface area contributed by atoms with Crippen LogP contribution in [0.25, 0.3) is 5.69 Å². The largest absolute Gasteiger partial charge is 0.494 e. The molecule has 1 aromatic heterocycles. The molecule has 6 nitrogen and oxygen atoms in total. The first-order valence-corrected chi connectivity index (χ1v) is 5.38. The van der Waals surface area contributed by atoms with Crippen LogP contribution in [0.15, 0.2) is 30.5 Å². The average molecular weight is 246 g/mol. The summed E-state index contributed by atoms with van der Waals surface area (Å²) < 4.78 is 6.91. The Morgan fingerprint density at radius 2 is 2.17 bits per heavy atom. The van der Waals surface area contributed by atoms with Gasteiger partial charge in [0.15, 0.2) is 0 Å². The van der Waals surface area contributed by atoms with Crippen LogP contribution in [0.1, 0.15) is 16.1 Å². The van der Waals surface area contributed by atoms with Crippen molar-refractivity contribution in [3.05, 3.63) is 41.7 Å². The molecule has 0 fully saturated rings. The summed E-state index contributed by atoms with van der Waals surface area (Å²) in [6, 6.07) is 7.44. The molecule has 0 aliphatic rings. The Labute approximate surface area is 104 Å². The molecule has 6 heteroatoms. The molecule has 0 aliphatic carbocycles. The lowest BCUT2D eigenvalue weighted by Gasteiger charge is -2.09. The third kappa shape index (κ3) is 1.93. The number of hydrogen-bond donors (Lipinski definition) is 2. The molecule has 0 aliphatic heterocycles. The van der Waals surface area contributed by atoms with E-state index in [2.05, 4.69) is 10.5 Å². The van der Waals surface area contributed by atoms with Crippen molar-refractivity contribution in [3.8, 4) is 11.4 Å². The van der Waals surface area contributed by atoms with Crippen LogP contribution < -0.4 is 16.0 Å². The normalized spacial score (nSPS) is 10.2. The van der Waals surface area contributed by atoms with Gasteiger partial charge in [0.1, 0.15) is 11.4 Å². The summed E-state index contributed by atoms with van der Waals surface area (Å²) in [4.78, 5) is 11.5. The highest BCUT2D eigenvalue weighted by Gasteiger charge is 2.15. The number of amides is 1. The molecule has 18 heavy (non-hydrogen) atoms. The lowest BCUT2D eigenvalue weighted by Crippen LogP contribution is -2.30. The van der Waals surface area contributed by atoms with Gasteiger partial charge in [0.05, 0.1) is 24.6 Å². The number of carbonyl (C=O) groups excluding carboxylic acids is 1. The number of carbonyl (C=O) groups is 1. The first-order valence-electron chi connectivity index (χ1n) is 5.38. The highest BCUT2D eigenvalue weighted by molar-refractivity contribution is 5.94. The quantitative estimate of drug-likeness (QED) is 0.476. The minimum atomic E-state index is -0.367. The fourth-order valence-electron chi connectivity index (χ4n) is 1.76. The predicted octanol–water partition coefficient (Wildman–Crippen LogP) is 0.793. The van der Waals surface area contributed by atoms with Crippen LogP contribution in [0.2, 0.25) is 0 Å². The molecule has 94 valence electrons. The van der Waals surface area contributed by atoms with Crippen LogP contribution >= 0.6 is 0 Å². The second-order valence-corrected chi connectivity index (χ2v) is 3.70. The number of nitrogen functional groups attached to an aromatic ring is 1. The summed E-state index contributed by atoms with van der Waals surface area (Å²) in [6.07, 6.45) is 1.48. The number of benzene rings is 1. The zero-order valence-corrected chi connectivity index (χ0v) is 10.2. The number of nitrogens with one attached hydrogen (secondary N) is 1. The van der Waals surface area contributed by atoms with Gasteiger partial charge in [-0.25, -0.2) is 10.5 Å². The number of ether oxygens (including phenoxy) is 1. The van der Waals surface area contributed by atoms with Gasteiger partial charge in [0.2, 0.25) is 0 Å². The van der Waals surface area contributed by atoms with Crippen molar-refractivity contribution in [2.75, 3.05) is 7.11 Å². The number of aromatic nitrogens is 2. The van der Waals surface area contributed by atoms with E-state index in [1.165, 1.54) is 6.20 Å². The smallest absolute Gasteiger partial charge is 0.268 e. The molecule has 1 amide bonds. The van der Waals surface area contributed by atoms with Gasteiger partial charge in [-0.3, -0.25) is 10.2 Å². The number of hydrazine groups is 1. The summed E-state index contributed by atoms with van der Waals surface area (Å²) in [7, 11) is 1.59. The van der Waals surface area contributed by atoms with Crippen LogP contribution in [0.3, 0.4) is 0 Å². The highest BCUT2D eigenvalue weighted by atomic mass is 16.5. The van der Waals surface area contributed by atoms with Gasteiger partial charge >= 0.3 is 0 Å². The summed E-state index contributed by atoms with van der Waals surface area (Å²) in [5.74, 6) is 5.43. The van der Waals surface area contributed by atoms with Crippen molar-refractivity contribution in [1.82, 2.24) is 15.2 Å². The summed E-state index contributed by atoms with van der Waals surface area (Å²) in [5, 5.41) is 4.18. The predicted molar refractivity (Wildman–Crippen MR) is 66.5 cm³/mol. The van der Waals surface area contributed by atoms with Gasteiger partial charge in [0.25, 0.3) is 5.91 Å². The Kier molecular flexibility index (Phi) is 3.29. The second-order valence-electron chi connectivity index (χ2n) is 3.70. The van der Waals surface area contributed by atoms with Gasteiger partial charge in [-0.15, -0.1) is 0 Å². The van der Waals surface area contributed by atoms with E-state index < -0.39 is 0 Å². The van der Waals surface area contributed by atoms with Gasteiger partial charge in [-0.05, 0) is 19.1 Å². The maximum Gasteiger partial charge on any atom is 0.268 e. The number of nitrogens with two attached hydrogens (primary N) is 1. The molecular formula is C12H14N4O2. The Balaban J connectivity index is 2.52. The van der Waals surface area contributed by atoms with E-state index in [-0.39, 0.29) is 5.91 Å². The van der Waals surface area contributed by atoms with E-state index in [4.69, 9.17) is 10.6 Å². The maximum atomic E-state index is 11.5. The monoisotopic (exact) mass is 246 g/mol. The molecule has 0 bridgehead atoms. The number of para-hydroxylation sites is 2. The number of rotatable bonds is 3. The Hall–Kier alpha value is -2.34. The maximum absolute atomic E-state index is 11.5. The van der Waals surface area contributed by atoms with E-state index in [1.807, 2.05) is 24.3 Å². The summed E-state index contributed by atoms with van der Waals surface area (Å²) in [5.41, 5.74) is 3.99. The Bertz CT molecular complexity index is 577. The standard InChI is InChI=1S/C12H14N4O2/c1-8-9(12(17)15-13)7-14-16(8)10-5-3-4-6-11(10)18-2/h3-7H,13H2,1-2H3,(H,15,17). The zero-order valence-electron chi connectivity index (χ0n) is 10.2. The van der Waals surface area contributed by atoms with E-state index in [0.717, 1.165) is 5.69 Å². The van der Waals surface area contributed by atoms with Gasteiger partial charge < -0.3 is 4.74 Å². The van der Waals surface area contributed by atoms with Crippen molar-refractivity contribution in [2.24, 2.45) is 5.84 Å². The number of hydrogen-bond acceptors (Lipinski definition) is 4. The van der Waals surface area contributed by atoms with Crippen molar-refractivity contribution < 1.29 is 9.53 Å². The molecule has 1 heterocycles. The minimum absolute atomic E-state index is 0.367. The second kappa shape index (κ2) is 4.89. The zero-order chi connectivity index (χ0) is 13.1. The molecule has 2 rings (SSSR count). The van der Waals surface area contributed by atoms with Crippen LogP contribution in [0.5, 0.6) is 5.75 Å². The van der Waals surface area contributed by atoms with Crippen molar-refractivity contribution >= 4 is 5.91 Å². The number of nitrogens with zero attached hydrogens (tertiary/aromatic N) is 2. The first kappa shape index (κ1) is 12.1. The molecule has 0 unspecified atom stereocenters. The summed E-state index contributed by atoms with van der Waals surface area (Å²) in [6.45, 7) is 1.80. The summed E-state index contributed by atoms with van der Waals surface area (Å²) >= 11 is 0. The molecule has 0 spiro atoms. The Morgan fingerprint density at radius 3 is 2.83 bits per heavy atom. The van der Waals surface area contributed by atoms with Gasteiger partial charge in [0, 0.05) is 0 Å². The Morgan fingerprint density at radius 1 is 1.44 bits per heavy atom. The van der Waals surface area contributed by atoms with E-state index in [1.54, 1.807) is 18.7 Å². The minimum Gasteiger partial charge on any atom is -0.494 e. The molecule has 0 radical (unpaired) electrons. The lowest BCUT2D eigenvalue weighted by molar-refractivity contribution is 0.0953. The number of methoxy groups -OCH3 is 1. The fourth-order valence-corrected chi connectivity index (χ4v) is 1.76. The third-order valence-electron chi connectivity index (χ3n) is 2.70. The van der Waals surface area contributed by atoms with E-state index >= 15 is 0 Å². The van der Waals surface area contributed by atoms with Crippen LogP contribution in [-0.2, 0) is 0 Å². The van der Waals surface area contributed by atoms with Crippen molar-refractivity contribution in [1.29, 1.82) is 0 Å². The topological polar surface area (TPSA) is 82.2 Å². The molecule has 0 saturated carbocycles. The lowest BCUT2D eigenvalue weighted by atomic mass is 10.2. The first-order chi connectivity index (χ1) is 8.69. The molecule has 0 saturated heterocycles.